The number of amidine groups is 1. The highest BCUT2D eigenvalue weighted by atomic mass is 35.5. The molecule has 0 spiro atoms. The van der Waals surface area contributed by atoms with Crippen molar-refractivity contribution >= 4 is 63.8 Å². The van der Waals surface area contributed by atoms with Gasteiger partial charge in [-0.3, -0.25) is 9.59 Å². The molecule has 30 heavy (non-hydrogen) atoms. The first-order valence-corrected chi connectivity index (χ1v) is 10.2. The van der Waals surface area contributed by atoms with Crippen LogP contribution in [0.5, 0.6) is 11.5 Å². The van der Waals surface area contributed by atoms with Gasteiger partial charge in [0.05, 0.1) is 29.1 Å². The molecule has 156 valence electrons. The molecule has 0 aliphatic carbocycles. The number of methoxy groups -OCH3 is 1. The number of hydrogen-bond acceptors (Lipinski definition) is 7. The van der Waals surface area contributed by atoms with Crippen molar-refractivity contribution < 1.29 is 19.4 Å². The summed E-state index contributed by atoms with van der Waals surface area (Å²) in [6, 6.07) is 9.59. The van der Waals surface area contributed by atoms with Gasteiger partial charge in [0.25, 0.3) is 0 Å². The number of hydrogen-bond donors (Lipinski definition) is 3. The van der Waals surface area contributed by atoms with Crippen LogP contribution in [0.2, 0.25) is 10.0 Å². The number of ether oxygens (including phenoxy) is 1. The predicted molar refractivity (Wildman–Crippen MR) is 119 cm³/mol. The van der Waals surface area contributed by atoms with Crippen molar-refractivity contribution in [2.75, 3.05) is 12.4 Å². The second-order valence-corrected chi connectivity index (χ2v) is 8.01. The molecule has 3 N–H and O–H groups in total. The number of halogens is 2. The molecule has 0 saturated carbocycles. The van der Waals surface area contributed by atoms with Gasteiger partial charge in [0, 0.05) is 6.42 Å². The molecule has 8 nitrogen and oxygen atoms in total. The fourth-order valence-corrected chi connectivity index (χ4v) is 3.75. The van der Waals surface area contributed by atoms with Crippen LogP contribution in [-0.2, 0) is 9.59 Å². The highest BCUT2D eigenvalue weighted by Gasteiger charge is 2.32. The zero-order chi connectivity index (χ0) is 21.7. The zero-order valence-electron chi connectivity index (χ0n) is 15.6. The molecule has 1 aliphatic heterocycles. The van der Waals surface area contributed by atoms with E-state index in [0.717, 1.165) is 11.8 Å². The average molecular weight is 467 g/mol. The standard InChI is InChI=1S/C19H16Cl2N4O4S/c1-29-14-7-10(5-6-13(14)26)9-22-25-19-24-18(28)15(30-19)8-16(27)23-12-4-2-3-11(20)17(12)21/h2-7,9,15,26H,8H2,1H3,(H,23,27)(H,24,25,28). The maximum atomic E-state index is 12.3. The van der Waals surface area contributed by atoms with E-state index in [4.69, 9.17) is 27.9 Å². The number of aromatic hydroxyl groups is 1. The molecule has 0 bridgehead atoms. The van der Waals surface area contributed by atoms with Crippen LogP contribution in [0.15, 0.2) is 46.6 Å². The summed E-state index contributed by atoms with van der Waals surface area (Å²) in [5, 5.41) is 22.9. The number of carbonyl (C=O) groups excluding carboxylic acids is 2. The topological polar surface area (TPSA) is 112 Å². The van der Waals surface area contributed by atoms with Crippen LogP contribution in [0.25, 0.3) is 0 Å². The van der Waals surface area contributed by atoms with Crippen molar-refractivity contribution in [2.24, 2.45) is 10.2 Å². The van der Waals surface area contributed by atoms with Gasteiger partial charge < -0.3 is 20.5 Å². The van der Waals surface area contributed by atoms with E-state index >= 15 is 0 Å². The Bertz CT molecular complexity index is 1050. The van der Waals surface area contributed by atoms with Crippen LogP contribution in [0.4, 0.5) is 5.69 Å². The summed E-state index contributed by atoms with van der Waals surface area (Å²) in [5.74, 6) is -0.402. The van der Waals surface area contributed by atoms with Gasteiger partial charge in [0.1, 0.15) is 5.25 Å². The van der Waals surface area contributed by atoms with Crippen LogP contribution >= 0.6 is 35.0 Å². The minimum atomic E-state index is -0.648. The lowest BCUT2D eigenvalue weighted by molar-refractivity contribution is -0.122. The lowest BCUT2D eigenvalue weighted by Gasteiger charge is -2.09. The highest BCUT2D eigenvalue weighted by Crippen LogP contribution is 2.30. The van der Waals surface area contributed by atoms with Crippen molar-refractivity contribution in [2.45, 2.75) is 11.7 Å². The Kier molecular flexibility index (Phi) is 7.20. The van der Waals surface area contributed by atoms with Gasteiger partial charge in [-0.15, -0.1) is 5.10 Å². The molecule has 1 fully saturated rings. The molecule has 2 amide bonds. The van der Waals surface area contributed by atoms with Gasteiger partial charge in [-0.2, -0.15) is 5.10 Å². The monoisotopic (exact) mass is 466 g/mol. The Morgan fingerprint density at radius 1 is 1.37 bits per heavy atom. The number of nitrogens with one attached hydrogen (secondary N) is 2. The number of phenols is 1. The number of benzene rings is 2. The number of amides is 2. The van der Waals surface area contributed by atoms with Gasteiger partial charge in [0.2, 0.25) is 11.8 Å². The summed E-state index contributed by atoms with van der Waals surface area (Å²) >= 11 is 13.1. The summed E-state index contributed by atoms with van der Waals surface area (Å²) in [7, 11) is 1.44. The van der Waals surface area contributed by atoms with Gasteiger partial charge in [-0.25, -0.2) is 0 Å². The molecule has 3 rings (SSSR count). The Hall–Kier alpha value is -2.75. The Morgan fingerprint density at radius 2 is 2.17 bits per heavy atom. The van der Waals surface area contributed by atoms with Crippen molar-refractivity contribution in [1.29, 1.82) is 0 Å². The van der Waals surface area contributed by atoms with E-state index in [1.54, 1.807) is 30.3 Å². The third-order valence-electron chi connectivity index (χ3n) is 3.93. The Morgan fingerprint density at radius 3 is 2.93 bits per heavy atom. The van der Waals surface area contributed by atoms with E-state index in [1.807, 2.05) is 0 Å². The first kappa shape index (κ1) is 21.9. The quantitative estimate of drug-likeness (QED) is 0.444. The fourth-order valence-electron chi connectivity index (χ4n) is 2.48. The second kappa shape index (κ2) is 9.84. The number of anilines is 1. The fraction of sp³-hybridized carbons (Fsp3) is 0.158. The van der Waals surface area contributed by atoms with Crippen molar-refractivity contribution in [3.05, 3.63) is 52.0 Å². The minimum absolute atomic E-state index is 0.0137. The number of nitrogens with zero attached hydrogens (tertiary/aromatic N) is 2. The van der Waals surface area contributed by atoms with Gasteiger partial charge in [-0.05, 0) is 35.9 Å². The maximum absolute atomic E-state index is 12.3. The van der Waals surface area contributed by atoms with Crippen LogP contribution in [0.1, 0.15) is 12.0 Å². The van der Waals surface area contributed by atoms with Crippen LogP contribution in [-0.4, -0.2) is 40.7 Å². The van der Waals surface area contributed by atoms with Crippen LogP contribution in [0, 0.1) is 0 Å². The number of thioether (sulfide) groups is 1. The average Bonchev–Trinajstić information content (AvgIpc) is 3.05. The molecular formula is C19H16Cl2N4O4S. The molecule has 11 heteroatoms. The van der Waals surface area contributed by atoms with E-state index in [-0.39, 0.29) is 34.2 Å². The van der Waals surface area contributed by atoms with E-state index < -0.39 is 5.25 Å². The SMILES string of the molecule is COc1cc(C=N/N=C2/NC(=O)C(CC(=O)Nc3cccc(Cl)c3Cl)S2)ccc1O. The van der Waals surface area contributed by atoms with Gasteiger partial charge in [0.15, 0.2) is 16.7 Å². The van der Waals surface area contributed by atoms with E-state index in [9.17, 15) is 14.7 Å². The third kappa shape index (κ3) is 5.44. The summed E-state index contributed by atoms with van der Waals surface area (Å²) in [6.07, 6.45) is 1.38. The molecular weight excluding hydrogens is 451 g/mol. The zero-order valence-corrected chi connectivity index (χ0v) is 17.9. The molecule has 0 radical (unpaired) electrons. The Balaban J connectivity index is 1.59. The van der Waals surface area contributed by atoms with Gasteiger partial charge >= 0.3 is 0 Å². The normalized spacial score (nSPS) is 17.4. The Labute approximate surface area is 186 Å². The smallest absolute Gasteiger partial charge is 0.240 e. The highest BCUT2D eigenvalue weighted by molar-refractivity contribution is 8.15. The summed E-state index contributed by atoms with van der Waals surface area (Å²) in [4.78, 5) is 24.4. The molecule has 0 aromatic heterocycles. The van der Waals surface area contributed by atoms with Crippen LogP contribution < -0.4 is 15.4 Å². The molecule has 2 aromatic rings. The van der Waals surface area contributed by atoms with Crippen LogP contribution in [0.3, 0.4) is 0 Å². The first-order chi connectivity index (χ1) is 14.4. The maximum Gasteiger partial charge on any atom is 0.240 e. The second-order valence-electron chi connectivity index (χ2n) is 6.03. The van der Waals surface area contributed by atoms with E-state index in [0.29, 0.717) is 22.0 Å². The number of phenolic OH excluding ortho intramolecular Hbond substituents is 1. The van der Waals surface area contributed by atoms with Crippen molar-refractivity contribution in [3.8, 4) is 11.5 Å². The van der Waals surface area contributed by atoms with Gasteiger partial charge in [-0.1, -0.05) is 41.0 Å². The lowest BCUT2D eigenvalue weighted by atomic mass is 10.2. The minimum Gasteiger partial charge on any atom is -0.504 e. The lowest BCUT2D eigenvalue weighted by Crippen LogP contribution is -2.28. The van der Waals surface area contributed by atoms with E-state index in [2.05, 4.69) is 20.8 Å². The van der Waals surface area contributed by atoms with Crippen molar-refractivity contribution in [3.63, 3.8) is 0 Å². The molecule has 1 saturated heterocycles. The molecule has 1 unspecified atom stereocenters. The number of rotatable bonds is 6. The largest absolute Gasteiger partial charge is 0.504 e. The molecule has 1 heterocycles. The molecule has 1 atom stereocenters. The predicted octanol–water partition coefficient (Wildman–Crippen LogP) is 3.66. The molecule has 2 aromatic carbocycles. The first-order valence-electron chi connectivity index (χ1n) is 8.57. The molecule has 1 aliphatic rings. The third-order valence-corrected chi connectivity index (χ3v) is 5.82. The van der Waals surface area contributed by atoms with E-state index in [1.165, 1.54) is 19.4 Å². The summed E-state index contributed by atoms with van der Waals surface area (Å²) < 4.78 is 5.02. The summed E-state index contributed by atoms with van der Waals surface area (Å²) in [6.45, 7) is 0. The number of carbonyl (C=O) groups is 2. The van der Waals surface area contributed by atoms with Crippen molar-refractivity contribution in [1.82, 2.24) is 5.32 Å². The summed E-state index contributed by atoms with van der Waals surface area (Å²) in [5.41, 5.74) is 1.03.